The zero-order chi connectivity index (χ0) is 26.5. The van der Waals surface area contributed by atoms with Crippen LogP contribution in [0.1, 0.15) is 18.1 Å². The van der Waals surface area contributed by atoms with E-state index in [1.165, 1.54) is 35.7 Å². The van der Waals surface area contributed by atoms with Crippen LogP contribution in [0.5, 0.6) is 0 Å². The summed E-state index contributed by atoms with van der Waals surface area (Å²) >= 11 is 1.44. The lowest BCUT2D eigenvalue weighted by molar-refractivity contribution is -0.151. The molecule has 10 nitrogen and oxygen atoms in total. The van der Waals surface area contributed by atoms with Gasteiger partial charge in [-0.25, -0.2) is 4.79 Å². The van der Waals surface area contributed by atoms with Crippen molar-refractivity contribution < 1.29 is 36.8 Å². The Bertz CT molecular complexity index is 1260. The summed E-state index contributed by atoms with van der Waals surface area (Å²) in [5.74, 6) is -0.949. The molecule has 0 aliphatic carbocycles. The van der Waals surface area contributed by atoms with Gasteiger partial charge in [-0.2, -0.15) is 8.42 Å². The highest BCUT2D eigenvalue weighted by atomic mass is 32.2. The Kier molecular flexibility index (Phi) is 8.90. The van der Waals surface area contributed by atoms with Crippen molar-refractivity contribution in [1.82, 2.24) is 4.90 Å². The van der Waals surface area contributed by atoms with Crippen LogP contribution in [-0.2, 0) is 40.6 Å². The number of ether oxygens (including phenoxy) is 2. The van der Waals surface area contributed by atoms with Gasteiger partial charge in [0.25, 0.3) is 10.1 Å². The molecule has 2 atom stereocenters. The number of aryl methyl sites for hydroxylation is 1. The molecule has 36 heavy (non-hydrogen) atoms. The molecule has 0 saturated carbocycles. The quantitative estimate of drug-likeness (QED) is 0.320. The van der Waals surface area contributed by atoms with E-state index < -0.39 is 28.1 Å². The maximum atomic E-state index is 12.6. The first-order valence-electron chi connectivity index (χ1n) is 10.8. The molecule has 0 aromatic heterocycles. The highest BCUT2D eigenvalue weighted by Gasteiger charge is 2.52. The van der Waals surface area contributed by atoms with Crippen LogP contribution >= 0.6 is 11.8 Å². The van der Waals surface area contributed by atoms with Crippen LogP contribution in [0.3, 0.4) is 0 Å². The van der Waals surface area contributed by atoms with Crippen LogP contribution in [0.4, 0.5) is 0 Å². The van der Waals surface area contributed by atoms with E-state index in [1.807, 2.05) is 37.3 Å². The molecule has 2 aromatic rings. The first kappa shape index (κ1) is 27.4. The largest absolute Gasteiger partial charge is 0.461 e. The molecule has 1 fully saturated rings. The molecular weight excluding hydrogens is 508 g/mol. The van der Waals surface area contributed by atoms with E-state index in [2.05, 4.69) is 0 Å². The summed E-state index contributed by atoms with van der Waals surface area (Å²) in [6.07, 6.45) is 0. The van der Waals surface area contributed by atoms with Gasteiger partial charge < -0.3 is 15.2 Å². The van der Waals surface area contributed by atoms with Gasteiger partial charge in [0.2, 0.25) is 5.91 Å². The Balaban J connectivity index is 0.000000275. The van der Waals surface area contributed by atoms with Gasteiger partial charge in [-0.15, -0.1) is 11.8 Å². The van der Waals surface area contributed by atoms with Gasteiger partial charge in [-0.05, 0) is 24.6 Å². The SMILES string of the molecule is CC(=O)OCC1=C(C(=O)OCc2ccccc2)N2C(=O)[C@@H](N)[C@H]2SC1.Cc1ccc(S(=O)(=O)O)cc1. The standard InChI is InChI=1S/C17H18N2O5S.C7H8O3S/c1-10(20)23-8-12-9-25-16-13(18)15(21)19(16)14(12)17(22)24-7-11-5-3-2-4-6-11;1-6-2-4-7(5-3-6)11(8,9)10/h2-6,13,16H,7-9,18H2,1H3;2-5H,1H3,(H,8,9,10)/t13-,16-;/m1./s1. The van der Waals surface area contributed by atoms with Gasteiger partial charge in [0.05, 0.1) is 4.90 Å². The van der Waals surface area contributed by atoms with Crippen molar-refractivity contribution in [3.8, 4) is 0 Å². The highest BCUT2D eigenvalue weighted by Crippen LogP contribution is 2.39. The van der Waals surface area contributed by atoms with Crippen molar-refractivity contribution in [2.24, 2.45) is 5.73 Å². The molecule has 2 aromatic carbocycles. The van der Waals surface area contributed by atoms with Gasteiger partial charge in [0.1, 0.15) is 30.3 Å². The molecule has 0 bridgehead atoms. The van der Waals surface area contributed by atoms with Crippen molar-refractivity contribution in [2.45, 2.75) is 36.8 Å². The number of carbonyl (C=O) groups is 3. The minimum atomic E-state index is -4.02. The van der Waals surface area contributed by atoms with Crippen molar-refractivity contribution >= 4 is 39.7 Å². The summed E-state index contributed by atoms with van der Waals surface area (Å²) in [6, 6.07) is 14.6. The summed E-state index contributed by atoms with van der Waals surface area (Å²) in [6.45, 7) is 3.17. The first-order valence-corrected chi connectivity index (χ1v) is 13.3. The molecule has 3 N–H and O–H groups in total. The summed E-state index contributed by atoms with van der Waals surface area (Å²) in [4.78, 5) is 37.1. The minimum Gasteiger partial charge on any atom is -0.461 e. The molecule has 192 valence electrons. The van der Waals surface area contributed by atoms with Crippen LogP contribution in [0.15, 0.2) is 70.8 Å². The van der Waals surface area contributed by atoms with Crippen LogP contribution in [-0.4, -0.2) is 59.5 Å². The van der Waals surface area contributed by atoms with Crippen molar-refractivity contribution in [1.29, 1.82) is 0 Å². The average Bonchev–Trinajstić information content (AvgIpc) is 2.85. The minimum absolute atomic E-state index is 0.0517. The maximum Gasteiger partial charge on any atom is 0.355 e. The molecule has 0 spiro atoms. The molecule has 1 saturated heterocycles. The molecule has 1 amide bonds. The van der Waals surface area contributed by atoms with Crippen LogP contribution in [0.2, 0.25) is 0 Å². The lowest BCUT2D eigenvalue weighted by atomic mass is 10.0. The molecule has 2 aliphatic rings. The third kappa shape index (κ3) is 6.72. The van der Waals surface area contributed by atoms with Gasteiger partial charge in [0.15, 0.2) is 0 Å². The number of β-lactam (4-membered cyclic amide) rings is 1. The molecule has 0 radical (unpaired) electrons. The first-order chi connectivity index (χ1) is 17.0. The fourth-order valence-corrected chi connectivity index (χ4v) is 5.12. The smallest absolute Gasteiger partial charge is 0.355 e. The van der Waals surface area contributed by atoms with Gasteiger partial charge in [-0.1, -0.05) is 48.0 Å². The third-order valence-corrected chi connectivity index (χ3v) is 7.49. The van der Waals surface area contributed by atoms with E-state index in [1.54, 1.807) is 12.1 Å². The maximum absolute atomic E-state index is 12.6. The monoisotopic (exact) mass is 534 g/mol. The van der Waals surface area contributed by atoms with Crippen LogP contribution < -0.4 is 5.73 Å². The molecule has 2 heterocycles. The number of esters is 2. The Hall–Kier alpha value is -3.19. The zero-order valence-corrected chi connectivity index (χ0v) is 21.3. The normalized spacial score (nSPS) is 18.9. The van der Waals surface area contributed by atoms with E-state index >= 15 is 0 Å². The predicted octanol–water partition coefficient (Wildman–Crippen LogP) is 2.03. The molecule has 2 aliphatic heterocycles. The second kappa shape index (κ2) is 11.7. The second-order valence-electron chi connectivity index (χ2n) is 8.02. The number of rotatable bonds is 6. The van der Waals surface area contributed by atoms with E-state index in [4.69, 9.17) is 19.8 Å². The lowest BCUT2D eigenvalue weighted by Crippen LogP contribution is -2.68. The number of hydrogen-bond donors (Lipinski definition) is 2. The lowest BCUT2D eigenvalue weighted by Gasteiger charge is -2.48. The fraction of sp³-hybridized carbons (Fsp3) is 0.292. The molecular formula is C24H26N2O8S2. The number of nitrogens with two attached hydrogens (primary N) is 1. The molecule has 0 unspecified atom stereocenters. The second-order valence-corrected chi connectivity index (χ2v) is 10.5. The third-order valence-electron chi connectivity index (χ3n) is 5.26. The number of thioether (sulfide) groups is 1. The number of fused-ring (bicyclic) bond motifs is 1. The fourth-order valence-electron chi connectivity index (χ4n) is 3.37. The Labute approximate surface area is 213 Å². The Morgan fingerprint density at radius 1 is 1.08 bits per heavy atom. The summed E-state index contributed by atoms with van der Waals surface area (Å²) in [7, 11) is -4.02. The van der Waals surface area contributed by atoms with Crippen molar-refractivity contribution in [3.63, 3.8) is 0 Å². The van der Waals surface area contributed by atoms with Crippen molar-refractivity contribution in [3.05, 3.63) is 77.0 Å². The summed E-state index contributed by atoms with van der Waals surface area (Å²) in [5, 5.41) is -0.284. The van der Waals surface area contributed by atoms with E-state index in [9.17, 15) is 22.8 Å². The van der Waals surface area contributed by atoms with Gasteiger partial charge >= 0.3 is 11.9 Å². The summed E-state index contributed by atoms with van der Waals surface area (Å²) < 4.78 is 39.9. The number of carbonyl (C=O) groups excluding carboxylic acids is 3. The molecule has 4 rings (SSSR count). The summed E-state index contributed by atoms with van der Waals surface area (Å²) in [5.41, 5.74) is 8.29. The van der Waals surface area contributed by atoms with Crippen molar-refractivity contribution in [2.75, 3.05) is 12.4 Å². The van der Waals surface area contributed by atoms with Crippen LogP contribution in [0.25, 0.3) is 0 Å². The highest BCUT2D eigenvalue weighted by molar-refractivity contribution is 8.00. The number of benzene rings is 2. The zero-order valence-electron chi connectivity index (χ0n) is 19.6. The van der Waals surface area contributed by atoms with Gasteiger partial charge in [0, 0.05) is 18.2 Å². The topological polar surface area (TPSA) is 153 Å². The van der Waals surface area contributed by atoms with Gasteiger partial charge in [-0.3, -0.25) is 19.0 Å². The Morgan fingerprint density at radius 3 is 2.31 bits per heavy atom. The van der Waals surface area contributed by atoms with E-state index in [0.717, 1.165) is 11.1 Å². The number of amides is 1. The number of hydrogen-bond acceptors (Lipinski definition) is 9. The van der Waals surface area contributed by atoms with E-state index in [-0.39, 0.29) is 35.1 Å². The predicted molar refractivity (Wildman–Crippen MR) is 132 cm³/mol. The number of nitrogens with zero attached hydrogens (tertiary/aromatic N) is 1. The van der Waals surface area contributed by atoms with Crippen LogP contribution in [0, 0.1) is 6.92 Å². The van der Waals surface area contributed by atoms with E-state index in [0.29, 0.717) is 11.3 Å². The average molecular weight is 535 g/mol. The Morgan fingerprint density at radius 2 is 1.72 bits per heavy atom. The molecule has 12 heteroatoms.